The van der Waals surface area contributed by atoms with Gasteiger partial charge in [0.05, 0.1) is 0 Å². The molecule has 0 saturated carbocycles. The zero-order valence-corrected chi connectivity index (χ0v) is 23.4. The van der Waals surface area contributed by atoms with Gasteiger partial charge in [0.1, 0.15) is 0 Å². The standard InChI is InChI=1S/C10H22.C7H12.C5H10.C5H12.C2H6/c1-5-8-10(4,7-3)9-6-2;1-6(2)5-7(3)4;1-4-5(2)3;1-3-5-4-2;1-2/h5-9H2,1-4H3;5H,1H2,2-4H3;2,4H2,1,3H3;3-5H2,1-2H3;1-2H3. The summed E-state index contributed by atoms with van der Waals surface area (Å²) in [6, 6.07) is 0. The molecule has 0 heteroatoms. The van der Waals surface area contributed by atoms with E-state index >= 15 is 0 Å². The van der Waals surface area contributed by atoms with Gasteiger partial charge >= 0.3 is 0 Å². The first-order chi connectivity index (χ1) is 13.5. The van der Waals surface area contributed by atoms with Crippen molar-refractivity contribution in [2.24, 2.45) is 5.41 Å². The second-order valence-corrected chi connectivity index (χ2v) is 8.40. The maximum absolute atomic E-state index is 3.72. The van der Waals surface area contributed by atoms with Crippen LogP contribution in [-0.4, -0.2) is 0 Å². The molecule has 0 atom stereocenters. The highest BCUT2D eigenvalue weighted by atomic mass is 14.2. The lowest BCUT2D eigenvalue weighted by atomic mass is 9.79. The van der Waals surface area contributed by atoms with Gasteiger partial charge in [-0.15, -0.1) is 6.58 Å². The van der Waals surface area contributed by atoms with Crippen LogP contribution in [0.1, 0.15) is 148 Å². The van der Waals surface area contributed by atoms with Crippen LogP contribution >= 0.6 is 0 Å². The van der Waals surface area contributed by atoms with Gasteiger partial charge < -0.3 is 0 Å². The molecule has 0 aliphatic carbocycles. The summed E-state index contributed by atoms with van der Waals surface area (Å²) < 4.78 is 0. The van der Waals surface area contributed by atoms with Gasteiger partial charge in [-0.05, 0) is 52.4 Å². The molecule has 0 N–H and O–H groups in total. The molecule has 0 rings (SSSR count). The van der Waals surface area contributed by atoms with Crippen molar-refractivity contribution in [2.45, 2.75) is 148 Å². The zero-order chi connectivity index (χ0) is 24.3. The average molecular weight is 411 g/mol. The van der Waals surface area contributed by atoms with Crippen molar-refractivity contribution < 1.29 is 0 Å². The van der Waals surface area contributed by atoms with E-state index in [9.17, 15) is 0 Å². The minimum Gasteiger partial charge on any atom is -0.100 e. The third kappa shape index (κ3) is 52.2. The largest absolute Gasteiger partial charge is 0.100 e. The molecule has 29 heavy (non-hydrogen) atoms. The predicted octanol–water partition coefficient (Wildman–Crippen LogP) is 11.7. The Balaban J connectivity index is -0.0000000893. The summed E-state index contributed by atoms with van der Waals surface area (Å²) in [4.78, 5) is 0. The number of hydrogen-bond donors (Lipinski definition) is 0. The van der Waals surface area contributed by atoms with E-state index in [0.717, 1.165) is 12.0 Å². The van der Waals surface area contributed by atoms with E-state index in [2.05, 4.69) is 81.5 Å². The molecule has 0 bridgehead atoms. The molecular weight excluding hydrogens is 348 g/mol. The van der Waals surface area contributed by atoms with E-state index in [1.165, 1.54) is 62.5 Å². The number of hydrogen-bond acceptors (Lipinski definition) is 0. The van der Waals surface area contributed by atoms with Gasteiger partial charge in [-0.1, -0.05) is 130 Å². The topological polar surface area (TPSA) is 0 Å². The fourth-order valence-electron chi connectivity index (χ4n) is 2.53. The second-order valence-electron chi connectivity index (χ2n) is 8.40. The first-order valence-corrected chi connectivity index (χ1v) is 12.4. The Bertz CT molecular complexity index is 331. The molecule has 0 aliphatic heterocycles. The Labute approximate surface area is 189 Å². The minimum absolute atomic E-state index is 0.642. The first-order valence-electron chi connectivity index (χ1n) is 12.4. The highest BCUT2D eigenvalue weighted by molar-refractivity contribution is 5.15. The van der Waals surface area contributed by atoms with Gasteiger partial charge in [0.25, 0.3) is 0 Å². The lowest BCUT2D eigenvalue weighted by Gasteiger charge is -2.27. The van der Waals surface area contributed by atoms with Crippen molar-refractivity contribution in [1.29, 1.82) is 0 Å². The Morgan fingerprint density at radius 2 is 1.07 bits per heavy atom. The highest BCUT2D eigenvalue weighted by Crippen LogP contribution is 2.32. The number of allylic oxidation sites excluding steroid dienone is 4. The molecule has 0 amide bonds. The molecule has 0 aromatic heterocycles. The van der Waals surface area contributed by atoms with Gasteiger partial charge in [0, 0.05) is 0 Å². The molecule has 0 heterocycles. The van der Waals surface area contributed by atoms with E-state index in [4.69, 9.17) is 0 Å². The Kier molecular flexibility index (Phi) is 42.7. The van der Waals surface area contributed by atoms with Crippen molar-refractivity contribution in [3.63, 3.8) is 0 Å². The van der Waals surface area contributed by atoms with Crippen molar-refractivity contribution in [3.8, 4) is 0 Å². The lowest BCUT2D eigenvalue weighted by molar-refractivity contribution is 0.255. The molecule has 0 radical (unpaired) electrons. The summed E-state index contributed by atoms with van der Waals surface area (Å²) in [5.74, 6) is 0. The van der Waals surface area contributed by atoms with Crippen molar-refractivity contribution in [1.82, 2.24) is 0 Å². The summed E-state index contributed by atoms with van der Waals surface area (Å²) in [6.45, 7) is 35.4. The summed E-state index contributed by atoms with van der Waals surface area (Å²) in [7, 11) is 0. The SMILES string of the molecule is C=C(C)C=C(C)C.C=C(C)CC.CC.CCCC(C)(CC)CCC.CCCCC. The summed E-state index contributed by atoms with van der Waals surface area (Å²) in [6.07, 6.45) is 14.1. The summed E-state index contributed by atoms with van der Waals surface area (Å²) in [5, 5.41) is 0. The van der Waals surface area contributed by atoms with E-state index in [1.54, 1.807) is 0 Å². The smallest absolute Gasteiger partial charge is 0.0329 e. The Morgan fingerprint density at radius 1 is 0.724 bits per heavy atom. The van der Waals surface area contributed by atoms with E-state index in [0.29, 0.717) is 5.41 Å². The molecule has 0 saturated heterocycles. The normalized spacial score (nSPS) is 9.00. The first kappa shape index (κ1) is 38.8. The maximum atomic E-state index is 3.72. The highest BCUT2D eigenvalue weighted by Gasteiger charge is 2.18. The van der Waals surface area contributed by atoms with Crippen LogP contribution in [0.4, 0.5) is 0 Å². The molecule has 0 aliphatic rings. The molecule has 178 valence electrons. The van der Waals surface area contributed by atoms with Crippen LogP contribution < -0.4 is 0 Å². The third-order valence-electron chi connectivity index (χ3n) is 4.41. The van der Waals surface area contributed by atoms with Gasteiger partial charge in [-0.25, -0.2) is 0 Å². The van der Waals surface area contributed by atoms with E-state index < -0.39 is 0 Å². The Hall–Kier alpha value is -0.780. The second kappa shape index (κ2) is 31.9. The average Bonchev–Trinajstić information content (AvgIpc) is 2.65. The quantitative estimate of drug-likeness (QED) is 0.262. The van der Waals surface area contributed by atoms with Crippen LogP contribution in [0.3, 0.4) is 0 Å². The Morgan fingerprint density at radius 3 is 1.14 bits per heavy atom. The number of unbranched alkanes of at least 4 members (excludes halogenated alkanes) is 2. The van der Waals surface area contributed by atoms with Gasteiger partial charge in [0.2, 0.25) is 0 Å². The fourth-order valence-corrected chi connectivity index (χ4v) is 2.53. The predicted molar refractivity (Wildman–Crippen MR) is 144 cm³/mol. The van der Waals surface area contributed by atoms with Gasteiger partial charge in [-0.2, -0.15) is 0 Å². The van der Waals surface area contributed by atoms with Crippen molar-refractivity contribution in [2.75, 3.05) is 0 Å². The van der Waals surface area contributed by atoms with Crippen LogP contribution in [0.15, 0.2) is 36.0 Å². The van der Waals surface area contributed by atoms with Crippen molar-refractivity contribution >= 4 is 0 Å². The van der Waals surface area contributed by atoms with Crippen LogP contribution in [0.25, 0.3) is 0 Å². The lowest BCUT2D eigenvalue weighted by Crippen LogP contribution is -2.13. The van der Waals surface area contributed by atoms with Crippen LogP contribution in [0, 0.1) is 5.41 Å². The van der Waals surface area contributed by atoms with E-state index in [-0.39, 0.29) is 0 Å². The van der Waals surface area contributed by atoms with Gasteiger partial charge in [0.15, 0.2) is 0 Å². The van der Waals surface area contributed by atoms with Crippen LogP contribution in [0.2, 0.25) is 0 Å². The minimum atomic E-state index is 0.642. The molecule has 0 spiro atoms. The molecule has 0 aromatic rings. The molecule has 0 nitrogen and oxygen atoms in total. The van der Waals surface area contributed by atoms with Crippen molar-refractivity contribution in [3.05, 3.63) is 36.0 Å². The van der Waals surface area contributed by atoms with Crippen LogP contribution in [0.5, 0.6) is 0 Å². The zero-order valence-electron chi connectivity index (χ0n) is 23.4. The molecule has 0 aromatic carbocycles. The summed E-state index contributed by atoms with van der Waals surface area (Å²) >= 11 is 0. The monoisotopic (exact) mass is 410 g/mol. The summed E-state index contributed by atoms with van der Waals surface area (Å²) in [5.41, 5.74) is 4.33. The third-order valence-corrected chi connectivity index (χ3v) is 4.41. The van der Waals surface area contributed by atoms with Crippen LogP contribution in [-0.2, 0) is 0 Å². The molecule has 0 fully saturated rings. The molecule has 0 unspecified atom stereocenters. The molecular formula is C29H62. The maximum Gasteiger partial charge on any atom is -0.0329 e. The van der Waals surface area contributed by atoms with Gasteiger partial charge in [-0.3, -0.25) is 0 Å². The fraction of sp³-hybridized carbons (Fsp3) is 0.793. The number of rotatable bonds is 9. The van der Waals surface area contributed by atoms with E-state index in [1.807, 2.05) is 27.7 Å².